The summed E-state index contributed by atoms with van der Waals surface area (Å²) in [6, 6.07) is 2.08. The van der Waals surface area contributed by atoms with Gasteiger partial charge in [0.15, 0.2) is 0 Å². The molecule has 0 fully saturated rings. The molecule has 1 N–H and O–H groups in total. The van der Waals surface area contributed by atoms with Crippen LogP contribution in [-0.4, -0.2) is 36.7 Å². The number of aromatic nitrogens is 2. The minimum absolute atomic E-state index is 0.155. The summed E-state index contributed by atoms with van der Waals surface area (Å²) < 4.78 is 23.0. The van der Waals surface area contributed by atoms with Crippen molar-refractivity contribution in [2.75, 3.05) is 18.1 Å². The largest absolute Gasteiger partial charge is 0.310 e. The van der Waals surface area contributed by atoms with Crippen LogP contribution in [0.2, 0.25) is 0 Å². The first kappa shape index (κ1) is 16.0. The lowest BCUT2D eigenvalue weighted by molar-refractivity contribution is 0.490. The Kier molecular flexibility index (Phi) is 6.94. The van der Waals surface area contributed by atoms with Crippen molar-refractivity contribution >= 4 is 9.84 Å². The van der Waals surface area contributed by atoms with Crippen LogP contribution >= 0.6 is 0 Å². The summed E-state index contributed by atoms with van der Waals surface area (Å²) in [5, 5.41) is 11.1. The van der Waals surface area contributed by atoms with E-state index in [1.807, 2.05) is 6.07 Å². The molecular formula is C13H23N3O2S. The van der Waals surface area contributed by atoms with Gasteiger partial charge in [0, 0.05) is 18.0 Å². The van der Waals surface area contributed by atoms with Gasteiger partial charge in [-0.15, -0.1) is 0 Å². The number of hydrogen-bond acceptors (Lipinski definition) is 5. The number of nitrogens with zero attached hydrogens (tertiary/aromatic N) is 2. The fraction of sp³-hybridized carbons (Fsp3) is 0.692. The van der Waals surface area contributed by atoms with E-state index in [1.54, 1.807) is 19.3 Å². The van der Waals surface area contributed by atoms with E-state index in [0.717, 1.165) is 24.9 Å². The van der Waals surface area contributed by atoms with Crippen molar-refractivity contribution < 1.29 is 8.42 Å². The predicted molar refractivity (Wildman–Crippen MR) is 76.6 cm³/mol. The Balaban J connectivity index is 2.56. The summed E-state index contributed by atoms with van der Waals surface area (Å²) in [7, 11) is -2.87. The summed E-state index contributed by atoms with van der Waals surface area (Å²) >= 11 is 0. The molecule has 0 bridgehead atoms. The van der Waals surface area contributed by atoms with Gasteiger partial charge in [0.05, 0.1) is 11.9 Å². The van der Waals surface area contributed by atoms with Crippen molar-refractivity contribution in [1.82, 2.24) is 15.5 Å². The van der Waals surface area contributed by atoms with Gasteiger partial charge >= 0.3 is 0 Å². The van der Waals surface area contributed by atoms with Crippen molar-refractivity contribution in [3.63, 3.8) is 0 Å². The third-order valence-corrected chi connectivity index (χ3v) is 4.83. The van der Waals surface area contributed by atoms with Crippen molar-refractivity contribution in [2.45, 2.75) is 39.2 Å². The van der Waals surface area contributed by atoms with Crippen LogP contribution in [0.15, 0.2) is 18.5 Å². The molecule has 0 aromatic carbocycles. The summed E-state index contributed by atoms with van der Waals surface area (Å²) in [6.45, 7) is 4.71. The van der Waals surface area contributed by atoms with E-state index < -0.39 is 9.84 Å². The molecule has 0 aliphatic rings. The molecule has 0 amide bonds. The fourth-order valence-corrected chi connectivity index (χ4v) is 2.76. The monoisotopic (exact) mass is 285 g/mol. The molecule has 1 aromatic rings. The predicted octanol–water partition coefficient (Wildman–Crippen LogP) is 1.73. The Morgan fingerprint density at radius 2 is 2.11 bits per heavy atom. The molecule has 1 heterocycles. The van der Waals surface area contributed by atoms with Gasteiger partial charge in [-0.05, 0) is 37.4 Å². The molecular weight excluding hydrogens is 262 g/mol. The Morgan fingerprint density at radius 1 is 1.32 bits per heavy atom. The maximum Gasteiger partial charge on any atom is 0.150 e. The van der Waals surface area contributed by atoms with Crippen LogP contribution in [0.4, 0.5) is 0 Å². The second-order valence-corrected chi connectivity index (χ2v) is 7.03. The average Bonchev–Trinajstić information content (AvgIpc) is 2.43. The van der Waals surface area contributed by atoms with Crippen LogP contribution in [0.25, 0.3) is 0 Å². The summed E-state index contributed by atoms with van der Waals surface area (Å²) in [6.07, 6.45) is 5.91. The lowest BCUT2D eigenvalue weighted by atomic mass is 10.0. The second kappa shape index (κ2) is 8.22. The van der Waals surface area contributed by atoms with Crippen LogP contribution in [0, 0.1) is 0 Å². The Labute approximate surface area is 115 Å². The highest BCUT2D eigenvalue weighted by atomic mass is 32.2. The second-order valence-electron chi connectivity index (χ2n) is 4.56. The summed E-state index contributed by atoms with van der Waals surface area (Å²) in [5.41, 5.74) is 1.07. The van der Waals surface area contributed by atoms with Gasteiger partial charge in [0.2, 0.25) is 0 Å². The van der Waals surface area contributed by atoms with Crippen molar-refractivity contribution in [1.29, 1.82) is 0 Å². The first-order chi connectivity index (χ1) is 9.09. The maximum absolute atomic E-state index is 11.5. The van der Waals surface area contributed by atoms with Crippen LogP contribution in [0.5, 0.6) is 0 Å². The maximum atomic E-state index is 11.5. The quantitative estimate of drug-likeness (QED) is 0.748. The molecule has 0 aliphatic carbocycles. The van der Waals surface area contributed by atoms with E-state index in [2.05, 4.69) is 22.4 Å². The van der Waals surface area contributed by atoms with Gasteiger partial charge in [-0.1, -0.05) is 13.8 Å². The molecule has 0 saturated heterocycles. The van der Waals surface area contributed by atoms with Crippen LogP contribution in [0.3, 0.4) is 0 Å². The topological polar surface area (TPSA) is 72.0 Å². The van der Waals surface area contributed by atoms with E-state index >= 15 is 0 Å². The van der Waals surface area contributed by atoms with Gasteiger partial charge in [0.1, 0.15) is 9.84 Å². The van der Waals surface area contributed by atoms with E-state index in [1.165, 1.54) is 0 Å². The highest BCUT2D eigenvalue weighted by Crippen LogP contribution is 2.17. The molecule has 0 spiro atoms. The van der Waals surface area contributed by atoms with E-state index in [0.29, 0.717) is 6.42 Å². The normalized spacial score (nSPS) is 13.4. The molecule has 1 atom stereocenters. The van der Waals surface area contributed by atoms with Crippen molar-refractivity contribution in [3.8, 4) is 0 Å². The first-order valence-electron chi connectivity index (χ1n) is 6.79. The molecule has 0 aliphatic heterocycles. The third-order valence-electron chi connectivity index (χ3n) is 3.04. The Morgan fingerprint density at radius 3 is 2.68 bits per heavy atom. The number of sulfone groups is 1. The summed E-state index contributed by atoms with van der Waals surface area (Å²) in [5.74, 6) is 0.475. The smallest absolute Gasteiger partial charge is 0.150 e. The van der Waals surface area contributed by atoms with Crippen molar-refractivity contribution in [3.05, 3.63) is 24.0 Å². The molecule has 19 heavy (non-hydrogen) atoms. The molecule has 1 unspecified atom stereocenters. The Bertz CT molecular complexity index is 448. The minimum Gasteiger partial charge on any atom is -0.310 e. The van der Waals surface area contributed by atoms with Gasteiger partial charge in [-0.2, -0.15) is 10.2 Å². The van der Waals surface area contributed by atoms with E-state index in [9.17, 15) is 8.42 Å². The highest BCUT2D eigenvalue weighted by Gasteiger charge is 2.13. The molecule has 0 radical (unpaired) electrons. The molecule has 6 heteroatoms. The standard InChI is InChI=1S/C13H23N3O2S/c1-3-8-14-13(12-7-9-15-16-11-12)6-5-10-19(17,18)4-2/h7,9,11,13-14H,3-6,8,10H2,1-2H3. The van der Waals surface area contributed by atoms with Crippen molar-refractivity contribution in [2.24, 2.45) is 0 Å². The SMILES string of the molecule is CCCNC(CCCS(=O)(=O)CC)c1ccnnc1. The highest BCUT2D eigenvalue weighted by molar-refractivity contribution is 7.91. The third kappa shape index (κ3) is 6.11. The summed E-state index contributed by atoms with van der Waals surface area (Å²) in [4.78, 5) is 0. The number of hydrogen-bond donors (Lipinski definition) is 1. The molecule has 5 nitrogen and oxygen atoms in total. The molecule has 108 valence electrons. The van der Waals surface area contributed by atoms with Gasteiger partial charge in [-0.3, -0.25) is 0 Å². The van der Waals surface area contributed by atoms with Gasteiger partial charge in [0.25, 0.3) is 0 Å². The molecule has 0 saturated carbocycles. The van der Waals surface area contributed by atoms with Gasteiger partial charge < -0.3 is 5.32 Å². The lowest BCUT2D eigenvalue weighted by Gasteiger charge is -2.18. The Hall–Kier alpha value is -1.01. The average molecular weight is 285 g/mol. The molecule has 1 rings (SSSR count). The number of nitrogens with one attached hydrogen (secondary N) is 1. The van der Waals surface area contributed by atoms with Crippen LogP contribution in [-0.2, 0) is 9.84 Å². The van der Waals surface area contributed by atoms with E-state index in [-0.39, 0.29) is 17.5 Å². The van der Waals surface area contributed by atoms with E-state index in [4.69, 9.17) is 0 Å². The number of rotatable bonds is 9. The zero-order valence-corrected chi connectivity index (χ0v) is 12.5. The molecule has 1 aromatic heterocycles. The lowest BCUT2D eigenvalue weighted by Crippen LogP contribution is -2.23. The van der Waals surface area contributed by atoms with Crippen LogP contribution < -0.4 is 5.32 Å². The first-order valence-corrected chi connectivity index (χ1v) is 8.61. The van der Waals surface area contributed by atoms with Gasteiger partial charge in [-0.25, -0.2) is 8.42 Å². The zero-order chi connectivity index (χ0) is 14.1. The van der Waals surface area contributed by atoms with Crippen LogP contribution in [0.1, 0.15) is 44.7 Å². The fourth-order valence-electron chi connectivity index (χ4n) is 1.86. The minimum atomic E-state index is -2.87. The zero-order valence-electron chi connectivity index (χ0n) is 11.7.